The van der Waals surface area contributed by atoms with E-state index in [9.17, 15) is 18.0 Å². The third-order valence-corrected chi connectivity index (χ3v) is 5.34. The lowest BCUT2D eigenvalue weighted by Gasteiger charge is -2.17. The number of carboxylic acids is 1. The predicted molar refractivity (Wildman–Crippen MR) is 123 cm³/mol. The highest BCUT2D eigenvalue weighted by molar-refractivity contribution is 6.10. The van der Waals surface area contributed by atoms with Crippen molar-refractivity contribution in [1.82, 2.24) is 19.0 Å². The van der Waals surface area contributed by atoms with Crippen LogP contribution in [-0.4, -0.2) is 49.2 Å². The van der Waals surface area contributed by atoms with Gasteiger partial charge < -0.3 is 19.1 Å². The van der Waals surface area contributed by atoms with Crippen LogP contribution in [0.2, 0.25) is 0 Å². The van der Waals surface area contributed by atoms with Gasteiger partial charge in [0.1, 0.15) is 5.69 Å². The summed E-state index contributed by atoms with van der Waals surface area (Å²) < 4.78 is 36.1. The van der Waals surface area contributed by atoms with Crippen molar-refractivity contribution in [2.75, 3.05) is 7.05 Å². The maximum absolute atomic E-state index is 13.1. The summed E-state index contributed by atoms with van der Waals surface area (Å²) in [5.41, 5.74) is 4.98. The summed E-state index contributed by atoms with van der Waals surface area (Å²) in [6, 6.07) is 16.5. The van der Waals surface area contributed by atoms with E-state index in [0.29, 0.717) is 18.3 Å². The molecule has 34 heavy (non-hydrogen) atoms. The lowest BCUT2D eigenvalue weighted by atomic mass is 10.2. The van der Waals surface area contributed by atoms with Gasteiger partial charge in [-0.25, -0.2) is 4.79 Å². The Labute approximate surface area is 194 Å². The summed E-state index contributed by atoms with van der Waals surface area (Å²) in [4.78, 5) is 28.1. The van der Waals surface area contributed by atoms with E-state index in [-0.39, 0.29) is 5.91 Å². The molecule has 0 saturated heterocycles. The summed E-state index contributed by atoms with van der Waals surface area (Å²) in [6.45, 7) is 4.83. The normalized spacial score (nSPS) is 11.5. The van der Waals surface area contributed by atoms with Crippen LogP contribution in [0.25, 0.3) is 21.9 Å². The van der Waals surface area contributed by atoms with E-state index in [1.807, 2.05) is 49.0 Å². The van der Waals surface area contributed by atoms with Crippen LogP contribution in [0.3, 0.4) is 0 Å². The Hall–Kier alpha value is -3.82. The third-order valence-electron chi connectivity index (χ3n) is 5.34. The predicted octanol–water partition coefficient (Wildman–Crippen LogP) is 5.01. The Kier molecular flexibility index (Phi) is 6.99. The molecule has 0 fully saturated rings. The fourth-order valence-electron chi connectivity index (χ4n) is 3.87. The second-order valence-electron chi connectivity index (χ2n) is 8.09. The monoisotopic (exact) mass is 474 g/mol. The van der Waals surface area contributed by atoms with Crippen LogP contribution >= 0.6 is 0 Å². The summed E-state index contributed by atoms with van der Waals surface area (Å²) in [5, 5.41) is 8.30. The minimum Gasteiger partial charge on any atom is -0.475 e. The highest BCUT2D eigenvalue weighted by Crippen LogP contribution is 2.33. The number of aryl methyl sites for hydroxylation is 1. The Morgan fingerprint density at radius 3 is 2.26 bits per heavy atom. The SMILES string of the molecule is CC(C)n1c2ccccc2c2c1cc(C(=O)N(C)Cc1ccccn1)n2C.O=C(O)C(F)(F)F. The van der Waals surface area contributed by atoms with Crippen molar-refractivity contribution in [3.63, 3.8) is 0 Å². The van der Waals surface area contributed by atoms with Crippen molar-refractivity contribution in [2.45, 2.75) is 32.6 Å². The molecular formula is C24H25F3N4O3. The second-order valence-corrected chi connectivity index (χ2v) is 8.09. The van der Waals surface area contributed by atoms with Crippen molar-refractivity contribution >= 4 is 33.8 Å². The van der Waals surface area contributed by atoms with E-state index in [0.717, 1.165) is 16.7 Å². The molecule has 3 aromatic heterocycles. The molecule has 7 nitrogen and oxygen atoms in total. The van der Waals surface area contributed by atoms with Gasteiger partial charge in [0.15, 0.2) is 0 Å². The number of hydrogen-bond acceptors (Lipinski definition) is 3. The minimum atomic E-state index is -5.08. The largest absolute Gasteiger partial charge is 0.490 e. The number of fused-ring (bicyclic) bond motifs is 3. The van der Waals surface area contributed by atoms with Crippen molar-refractivity contribution in [2.24, 2.45) is 7.05 Å². The first-order valence-corrected chi connectivity index (χ1v) is 10.5. The van der Waals surface area contributed by atoms with Gasteiger partial charge in [0, 0.05) is 31.7 Å². The fraction of sp³-hybridized carbons (Fsp3) is 0.292. The fourth-order valence-corrected chi connectivity index (χ4v) is 3.87. The molecule has 0 atom stereocenters. The molecule has 0 bridgehead atoms. The van der Waals surface area contributed by atoms with E-state index in [2.05, 4.69) is 41.6 Å². The average molecular weight is 474 g/mol. The van der Waals surface area contributed by atoms with Gasteiger partial charge in [0.2, 0.25) is 0 Å². The van der Waals surface area contributed by atoms with Crippen molar-refractivity contribution in [1.29, 1.82) is 0 Å². The summed E-state index contributed by atoms with van der Waals surface area (Å²) in [7, 11) is 3.80. The van der Waals surface area contributed by atoms with Crippen LogP contribution in [0, 0.1) is 0 Å². The standard InChI is InChI=1S/C22H24N4O.C2HF3O2/c1-15(2)26-18-11-6-5-10-17(18)21-19(26)13-20(25(21)4)22(27)24(3)14-16-9-7-8-12-23-16;3-2(4,5)1(6)7/h5-13,15H,14H2,1-4H3;(H,6,7). The van der Waals surface area contributed by atoms with E-state index in [4.69, 9.17) is 9.90 Å². The highest BCUT2D eigenvalue weighted by atomic mass is 19.4. The summed E-state index contributed by atoms with van der Waals surface area (Å²) in [6.07, 6.45) is -3.33. The Morgan fingerprint density at radius 1 is 1.09 bits per heavy atom. The molecule has 0 radical (unpaired) electrons. The number of amides is 1. The second kappa shape index (κ2) is 9.58. The first-order valence-electron chi connectivity index (χ1n) is 10.5. The van der Waals surface area contributed by atoms with E-state index >= 15 is 0 Å². The quantitative estimate of drug-likeness (QED) is 0.451. The van der Waals surface area contributed by atoms with Crippen LogP contribution in [0.15, 0.2) is 54.7 Å². The zero-order valence-electron chi connectivity index (χ0n) is 19.2. The average Bonchev–Trinajstić information content (AvgIpc) is 3.28. The Morgan fingerprint density at radius 2 is 1.71 bits per heavy atom. The molecule has 0 aliphatic rings. The van der Waals surface area contributed by atoms with Crippen LogP contribution in [-0.2, 0) is 18.4 Å². The minimum absolute atomic E-state index is 0.00117. The number of rotatable bonds is 4. The molecule has 0 spiro atoms. The number of benzene rings is 1. The molecule has 0 aliphatic heterocycles. The van der Waals surface area contributed by atoms with Gasteiger partial charge in [-0.1, -0.05) is 24.3 Å². The number of nitrogens with zero attached hydrogens (tertiary/aromatic N) is 4. The van der Waals surface area contributed by atoms with Gasteiger partial charge in [0.05, 0.1) is 28.8 Å². The van der Waals surface area contributed by atoms with E-state index in [1.165, 1.54) is 10.9 Å². The molecule has 3 heterocycles. The molecule has 0 aliphatic carbocycles. The topological polar surface area (TPSA) is 80.4 Å². The zero-order valence-corrected chi connectivity index (χ0v) is 19.2. The number of halogens is 3. The lowest BCUT2D eigenvalue weighted by molar-refractivity contribution is -0.192. The number of aliphatic carboxylic acids is 1. The number of aromatic nitrogens is 3. The van der Waals surface area contributed by atoms with Gasteiger partial charge >= 0.3 is 12.1 Å². The number of hydrogen-bond donors (Lipinski definition) is 1. The third kappa shape index (κ3) is 4.90. The van der Waals surface area contributed by atoms with Crippen molar-refractivity contribution in [3.8, 4) is 0 Å². The molecule has 4 rings (SSSR count). The van der Waals surface area contributed by atoms with Gasteiger partial charge in [-0.05, 0) is 38.1 Å². The molecule has 180 valence electrons. The molecule has 1 N–H and O–H groups in total. The highest BCUT2D eigenvalue weighted by Gasteiger charge is 2.38. The number of para-hydroxylation sites is 1. The number of carbonyl (C=O) groups is 2. The number of carbonyl (C=O) groups excluding carboxylic acids is 1. The number of pyridine rings is 1. The lowest BCUT2D eigenvalue weighted by Crippen LogP contribution is -2.28. The molecule has 0 saturated carbocycles. The molecule has 10 heteroatoms. The van der Waals surface area contributed by atoms with Crippen LogP contribution < -0.4 is 0 Å². The number of carboxylic acid groups (broad SMARTS) is 1. The van der Waals surface area contributed by atoms with Gasteiger partial charge in [-0.2, -0.15) is 13.2 Å². The van der Waals surface area contributed by atoms with Crippen molar-refractivity contribution in [3.05, 3.63) is 66.1 Å². The molecule has 0 unspecified atom stereocenters. The van der Waals surface area contributed by atoms with E-state index < -0.39 is 12.1 Å². The van der Waals surface area contributed by atoms with Crippen molar-refractivity contribution < 1.29 is 27.9 Å². The van der Waals surface area contributed by atoms with Gasteiger partial charge in [-0.3, -0.25) is 9.78 Å². The number of alkyl halides is 3. The van der Waals surface area contributed by atoms with Gasteiger partial charge in [-0.15, -0.1) is 0 Å². The first-order chi connectivity index (χ1) is 15.9. The summed E-state index contributed by atoms with van der Waals surface area (Å²) >= 11 is 0. The maximum Gasteiger partial charge on any atom is 0.490 e. The molecule has 4 aromatic rings. The van der Waals surface area contributed by atoms with Crippen LogP contribution in [0.5, 0.6) is 0 Å². The maximum atomic E-state index is 13.1. The zero-order chi connectivity index (χ0) is 25.2. The Bertz CT molecular complexity index is 1320. The van der Waals surface area contributed by atoms with Crippen LogP contribution in [0.1, 0.15) is 36.1 Å². The smallest absolute Gasteiger partial charge is 0.475 e. The molecule has 1 aromatic carbocycles. The first kappa shape index (κ1) is 24.8. The van der Waals surface area contributed by atoms with E-state index in [1.54, 1.807) is 11.1 Å². The molecule has 1 amide bonds. The van der Waals surface area contributed by atoms with Crippen LogP contribution in [0.4, 0.5) is 13.2 Å². The van der Waals surface area contributed by atoms with Gasteiger partial charge in [0.25, 0.3) is 5.91 Å². The Balaban J connectivity index is 0.000000406. The molecular weight excluding hydrogens is 449 g/mol. The summed E-state index contributed by atoms with van der Waals surface area (Å²) in [5.74, 6) is -2.76.